The van der Waals surface area contributed by atoms with Crippen molar-refractivity contribution in [1.82, 2.24) is 15.6 Å². The van der Waals surface area contributed by atoms with Crippen molar-refractivity contribution in [2.75, 3.05) is 13.1 Å². The van der Waals surface area contributed by atoms with Gasteiger partial charge in [0.25, 0.3) is 0 Å². The zero-order valence-electron chi connectivity index (χ0n) is 10.3. The molecule has 1 amide bonds. The third-order valence-electron chi connectivity index (χ3n) is 3.08. The summed E-state index contributed by atoms with van der Waals surface area (Å²) in [6.45, 7) is 5.86. The van der Waals surface area contributed by atoms with Crippen molar-refractivity contribution in [3.63, 3.8) is 0 Å². The van der Waals surface area contributed by atoms with Crippen LogP contribution >= 0.6 is 11.3 Å². The zero-order valence-corrected chi connectivity index (χ0v) is 11.1. The van der Waals surface area contributed by atoms with Crippen LogP contribution in [0.15, 0.2) is 6.20 Å². The minimum atomic E-state index is 0.0217. The largest absolute Gasteiger partial charge is 0.347 e. The van der Waals surface area contributed by atoms with E-state index in [1.165, 1.54) is 4.88 Å². The normalized spacial score (nSPS) is 21.4. The average molecular weight is 253 g/mol. The topological polar surface area (TPSA) is 54.0 Å². The highest BCUT2D eigenvalue weighted by molar-refractivity contribution is 7.11. The summed E-state index contributed by atoms with van der Waals surface area (Å²) in [5, 5.41) is 7.25. The van der Waals surface area contributed by atoms with Crippen molar-refractivity contribution < 1.29 is 4.79 Å². The Balaban J connectivity index is 1.91. The first-order valence-electron chi connectivity index (χ1n) is 6.16. The van der Waals surface area contributed by atoms with Crippen LogP contribution in [0.2, 0.25) is 0 Å². The number of aromatic nitrogens is 1. The molecule has 0 unspecified atom stereocenters. The fourth-order valence-electron chi connectivity index (χ4n) is 1.96. The number of rotatable bonds is 4. The summed E-state index contributed by atoms with van der Waals surface area (Å²) in [5.41, 5.74) is 0. The maximum Gasteiger partial charge on any atom is 0.224 e. The van der Waals surface area contributed by atoms with Gasteiger partial charge in [0.2, 0.25) is 5.91 Å². The van der Waals surface area contributed by atoms with Crippen molar-refractivity contribution in [3.8, 4) is 0 Å². The number of carbonyl (C=O) groups is 1. The van der Waals surface area contributed by atoms with Gasteiger partial charge < -0.3 is 10.6 Å². The molecule has 0 saturated carbocycles. The van der Waals surface area contributed by atoms with Crippen molar-refractivity contribution >= 4 is 17.2 Å². The van der Waals surface area contributed by atoms with Crippen LogP contribution in [-0.2, 0) is 11.2 Å². The highest BCUT2D eigenvalue weighted by Gasteiger charge is 2.24. The van der Waals surface area contributed by atoms with Crippen LogP contribution in [0.3, 0.4) is 0 Å². The Labute approximate surface area is 106 Å². The fourth-order valence-corrected chi connectivity index (χ4v) is 2.82. The van der Waals surface area contributed by atoms with Gasteiger partial charge in [0.1, 0.15) is 5.01 Å². The number of hydrogen-bond acceptors (Lipinski definition) is 4. The molecule has 1 aromatic rings. The molecule has 0 radical (unpaired) electrons. The Morgan fingerprint density at radius 2 is 2.59 bits per heavy atom. The summed E-state index contributed by atoms with van der Waals surface area (Å²) in [7, 11) is 0. The Morgan fingerprint density at radius 1 is 1.76 bits per heavy atom. The molecule has 1 fully saturated rings. The van der Waals surface area contributed by atoms with Gasteiger partial charge in [0.15, 0.2) is 0 Å². The van der Waals surface area contributed by atoms with Crippen molar-refractivity contribution in [3.05, 3.63) is 16.1 Å². The number of nitrogens with one attached hydrogen (secondary N) is 2. The van der Waals surface area contributed by atoms with Crippen LogP contribution in [0.1, 0.15) is 36.2 Å². The number of amides is 1. The smallest absolute Gasteiger partial charge is 0.224 e. The van der Waals surface area contributed by atoms with Gasteiger partial charge in [0.05, 0.1) is 12.0 Å². The Bertz CT molecular complexity index is 385. The molecular formula is C12H19N3OS. The molecular weight excluding hydrogens is 234 g/mol. The van der Waals surface area contributed by atoms with Crippen LogP contribution in [0.5, 0.6) is 0 Å². The van der Waals surface area contributed by atoms with E-state index in [-0.39, 0.29) is 17.9 Å². The Hall–Kier alpha value is -0.940. The van der Waals surface area contributed by atoms with Crippen molar-refractivity contribution in [2.24, 2.45) is 5.92 Å². The van der Waals surface area contributed by atoms with E-state index in [1.54, 1.807) is 11.3 Å². The molecule has 1 aliphatic heterocycles. The second kappa shape index (κ2) is 5.60. The van der Waals surface area contributed by atoms with Crippen LogP contribution in [-0.4, -0.2) is 24.0 Å². The lowest BCUT2D eigenvalue weighted by Gasteiger charge is -2.14. The minimum Gasteiger partial charge on any atom is -0.347 e. The SMILES string of the molecule is CCc1cnc([C@@H](C)NC(=O)[C@H]2CCNC2)s1. The second-order valence-corrected chi connectivity index (χ2v) is 5.59. The summed E-state index contributed by atoms with van der Waals surface area (Å²) < 4.78 is 0. The Morgan fingerprint density at radius 3 is 3.18 bits per heavy atom. The number of nitrogens with zero attached hydrogens (tertiary/aromatic N) is 1. The maximum atomic E-state index is 11.9. The molecule has 1 aliphatic rings. The molecule has 0 aliphatic carbocycles. The van der Waals surface area contributed by atoms with E-state index in [0.29, 0.717) is 0 Å². The summed E-state index contributed by atoms with van der Waals surface area (Å²) in [6, 6.07) is 0.0217. The highest BCUT2D eigenvalue weighted by Crippen LogP contribution is 2.21. The molecule has 1 aromatic heterocycles. The molecule has 17 heavy (non-hydrogen) atoms. The quantitative estimate of drug-likeness (QED) is 0.855. The zero-order chi connectivity index (χ0) is 12.3. The standard InChI is InChI=1S/C12H19N3OS/c1-3-10-7-14-12(17-10)8(2)15-11(16)9-4-5-13-6-9/h7-9,13H,3-6H2,1-2H3,(H,15,16)/t8-,9+/m1/s1. The average Bonchev–Trinajstić information content (AvgIpc) is 3.00. The molecule has 0 spiro atoms. The van der Waals surface area contributed by atoms with Crippen LogP contribution < -0.4 is 10.6 Å². The van der Waals surface area contributed by atoms with Gasteiger partial charge in [-0.25, -0.2) is 4.98 Å². The maximum absolute atomic E-state index is 11.9. The van der Waals surface area contributed by atoms with Gasteiger partial charge >= 0.3 is 0 Å². The van der Waals surface area contributed by atoms with Gasteiger partial charge in [0, 0.05) is 17.6 Å². The van der Waals surface area contributed by atoms with Gasteiger partial charge in [-0.2, -0.15) is 0 Å². The van der Waals surface area contributed by atoms with E-state index in [1.807, 2.05) is 13.1 Å². The van der Waals surface area contributed by atoms with Gasteiger partial charge in [-0.05, 0) is 26.3 Å². The molecule has 94 valence electrons. The summed E-state index contributed by atoms with van der Waals surface area (Å²) in [4.78, 5) is 17.6. The number of carbonyl (C=O) groups excluding carboxylic acids is 1. The third-order valence-corrected chi connectivity index (χ3v) is 4.40. The summed E-state index contributed by atoms with van der Waals surface area (Å²) >= 11 is 1.68. The molecule has 0 aromatic carbocycles. The number of aryl methyl sites for hydroxylation is 1. The van der Waals surface area contributed by atoms with Gasteiger partial charge in [-0.1, -0.05) is 6.92 Å². The van der Waals surface area contributed by atoms with Crippen LogP contribution in [0, 0.1) is 5.92 Å². The monoisotopic (exact) mass is 253 g/mol. The second-order valence-electron chi connectivity index (χ2n) is 4.44. The summed E-state index contributed by atoms with van der Waals surface area (Å²) in [6.07, 6.45) is 3.85. The van der Waals surface area contributed by atoms with E-state index >= 15 is 0 Å². The van der Waals surface area contributed by atoms with E-state index in [9.17, 15) is 4.79 Å². The van der Waals surface area contributed by atoms with Crippen LogP contribution in [0.4, 0.5) is 0 Å². The van der Waals surface area contributed by atoms with Crippen LogP contribution in [0.25, 0.3) is 0 Å². The number of hydrogen-bond donors (Lipinski definition) is 2. The predicted molar refractivity (Wildman–Crippen MR) is 69.0 cm³/mol. The van der Waals surface area contributed by atoms with E-state index < -0.39 is 0 Å². The first-order valence-corrected chi connectivity index (χ1v) is 6.98. The third kappa shape index (κ3) is 3.04. The molecule has 4 nitrogen and oxygen atoms in total. The fraction of sp³-hybridized carbons (Fsp3) is 0.667. The molecule has 2 atom stereocenters. The Kier molecular flexibility index (Phi) is 4.12. The predicted octanol–water partition coefficient (Wildman–Crippen LogP) is 1.49. The molecule has 5 heteroatoms. The first-order chi connectivity index (χ1) is 8.20. The first kappa shape index (κ1) is 12.5. The van der Waals surface area contributed by atoms with E-state index in [4.69, 9.17) is 0 Å². The molecule has 2 N–H and O–H groups in total. The highest BCUT2D eigenvalue weighted by atomic mass is 32.1. The molecule has 2 rings (SSSR count). The number of thiazole rings is 1. The van der Waals surface area contributed by atoms with E-state index in [2.05, 4.69) is 22.5 Å². The van der Waals surface area contributed by atoms with Crippen molar-refractivity contribution in [2.45, 2.75) is 32.7 Å². The minimum absolute atomic E-state index is 0.0217. The summed E-state index contributed by atoms with van der Waals surface area (Å²) in [5.74, 6) is 0.277. The lowest BCUT2D eigenvalue weighted by Crippen LogP contribution is -2.33. The molecule has 1 saturated heterocycles. The van der Waals surface area contributed by atoms with Crippen molar-refractivity contribution in [1.29, 1.82) is 0 Å². The van der Waals surface area contributed by atoms with E-state index in [0.717, 1.165) is 30.9 Å². The molecule has 0 bridgehead atoms. The van der Waals surface area contributed by atoms with Gasteiger partial charge in [-0.3, -0.25) is 4.79 Å². The lowest BCUT2D eigenvalue weighted by molar-refractivity contribution is -0.125. The van der Waals surface area contributed by atoms with Gasteiger partial charge in [-0.15, -0.1) is 11.3 Å². The lowest BCUT2D eigenvalue weighted by atomic mass is 10.1. The molecule has 2 heterocycles.